The molecule has 0 bridgehead atoms. The van der Waals surface area contributed by atoms with Gasteiger partial charge in [-0.05, 0) is 58.2 Å². The van der Waals surface area contributed by atoms with Crippen LogP contribution < -0.4 is 19.9 Å². The van der Waals surface area contributed by atoms with Crippen LogP contribution in [0.5, 0.6) is 11.5 Å². The molecule has 0 N–H and O–H groups in total. The van der Waals surface area contributed by atoms with E-state index in [0.29, 0.717) is 24.7 Å². The number of hydrogen-bond acceptors (Lipinski definition) is 7. The Kier molecular flexibility index (Phi) is 6.62. The third kappa shape index (κ3) is 4.27. The van der Waals surface area contributed by atoms with Crippen molar-refractivity contribution in [1.82, 2.24) is 4.68 Å². The lowest BCUT2D eigenvalue weighted by Gasteiger charge is -2.44. The number of rotatable bonds is 8. The molecule has 8 nitrogen and oxygen atoms in total. The molecular formula is C26H34N2O6. The molecule has 1 saturated heterocycles. The van der Waals surface area contributed by atoms with Gasteiger partial charge in [-0.15, -0.1) is 0 Å². The van der Waals surface area contributed by atoms with Gasteiger partial charge in [-0.3, -0.25) is 14.5 Å². The lowest BCUT2D eigenvalue weighted by atomic mass is 9.93. The summed E-state index contributed by atoms with van der Waals surface area (Å²) in [6.07, 6.45) is 4.24. The maximum atomic E-state index is 12.9. The van der Waals surface area contributed by atoms with Gasteiger partial charge in [0.1, 0.15) is 5.56 Å². The highest BCUT2D eigenvalue weighted by Gasteiger charge is 2.45. The number of ether oxygens (including phenoxy) is 4. The van der Waals surface area contributed by atoms with Crippen LogP contribution in [0.1, 0.15) is 68.9 Å². The summed E-state index contributed by atoms with van der Waals surface area (Å²) in [7, 11) is 2.96. The molecule has 3 heterocycles. The van der Waals surface area contributed by atoms with Crippen molar-refractivity contribution in [2.75, 3.05) is 32.4 Å². The summed E-state index contributed by atoms with van der Waals surface area (Å²) in [4.78, 5) is 25.2. The number of fused-ring (bicyclic) bond motifs is 6. The third-order valence-electron chi connectivity index (χ3n) is 6.48. The van der Waals surface area contributed by atoms with Crippen molar-refractivity contribution < 1.29 is 23.7 Å². The molecule has 0 spiro atoms. The van der Waals surface area contributed by atoms with Gasteiger partial charge >= 0.3 is 5.97 Å². The third-order valence-corrected chi connectivity index (χ3v) is 6.48. The van der Waals surface area contributed by atoms with Crippen molar-refractivity contribution in [2.45, 2.75) is 64.6 Å². The fourth-order valence-corrected chi connectivity index (χ4v) is 4.96. The first-order valence-corrected chi connectivity index (χ1v) is 11.8. The van der Waals surface area contributed by atoms with Crippen LogP contribution in [0.25, 0.3) is 11.3 Å². The van der Waals surface area contributed by atoms with Crippen LogP contribution in [-0.2, 0) is 9.47 Å². The Morgan fingerprint density at radius 3 is 2.59 bits per heavy atom. The molecule has 0 amide bonds. The summed E-state index contributed by atoms with van der Waals surface area (Å²) >= 11 is 0. The highest BCUT2D eigenvalue weighted by Crippen LogP contribution is 2.50. The molecular weight excluding hydrogens is 436 g/mol. The van der Waals surface area contributed by atoms with E-state index in [1.54, 1.807) is 13.3 Å². The van der Waals surface area contributed by atoms with E-state index in [2.05, 4.69) is 24.9 Å². The zero-order valence-electron chi connectivity index (χ0n) is 20.8. The van der Waals surface area contributed by atoms with Crippen molar-refractivity contribution in [1.29, 1.82) is 0 Å². The fourth-order valence-electron chi connectivity index (χ4n) is 4.96. The normalized spacial score (nSPS) is 17.7. The molecule has 1 unspecified atom stereocenters. The van der Waals surface area contributed by atoms with Gasteiger partial charge < -0.3 is 18.9 Å². The smallest absolute Gasteiger partial charge is 0.343 e. The molecule has 4 rings (SSSR count). The van der Waals surface area contributed by atoms with Crippen LogP contribution in [0, 0.1) is 0 Å². The first-order chi connectivity index (χ1) is 16.2. The first-order valence-electron chi connectivity index (χ1n) is 11.8. The van der Waals surface area contributed by atoms with E-state index in [0.717, 1.165) is 36.1 Å². The molecule has 1 atom stereocenters. The molecule has 8 heteroatoms. The number of pyridine rings is 1. The quantitative estimate of drug-likeness (QED) is 0.425. The SMILES string of the molecule is COCCCOc1cc2c(cc1OC(C)C)-c1cc(=O)c(C(=O)OC)cn1N1C2CCC1(C)C. The second-order valence-corrected chi connectivity index (χ2v) is 9.73. The molecule has 1 aromatic carbocycles. The highest BCUT2D eigenvalue weighted by molar-refractivity contribution is 5.89. The lowest BCUT2D eigenvalue weighted by Crippen LogP contribution is -2.50. The van der Waals surface area contributed by atoms with Gasteiger partial charge in [-0.1, -0.05) is 0 Å². The number of carbonyl (C=O) groups is 1. The molecule has 2 aliphatic heterocycles. The number of nitrogens with zero attached hydrogens (tertiary/aromatic N) is 2. The van der Waals surface area contributed by atoms with E-state index in [-0.39, 0.29) is 28.7 Å². The highest BCUT2D eigenvalue weighted by atomic mass is 16.5. The maximum absolute atomic E-state index is 12.9. The number of carbonyl (C=O) groups excluding carboxylic acids is 1. The largest absolute Gasteiger partial charge is 0.490 e. The van der Waals surface area contributed by atoms with Crippen molar-refractivity contribution >= 4 is 5.97 Å². The van der Waals surface area contributed by atoms with Crippen LogP contribution in [0.2, 0.25) is 0 Å². The predicted octanol–water partition coefficient (Wildman–Crippen LogP) is 4.07. The summed E-state index contributed by atoms with van der Waals surface area (Å²) in [5.74, 6) is 0.686. The van der Waals surface area contributed by atoms with Gasteiger partial charge in [-0.2, -0.15) is 0 Å². The summed E-state index contributed by atoms with van der Waals surface area (Å²) in [6, 6.07) is 5.61. The zero-order chi connectivity index (χ0) is 24.6. The Morgan fingerprint density at radius 1 is 1.15 bits per heavy atom. The van der Waals surface area contributed by atoms with E-state index >= 15 is 0 Å². The molecule has 0 radical (unpaired) electrons. The van der Waals surface area contributed by atoms with Crippen LogP contribution in [0.15, 0.2) is 29.2 Å². The van der Waals surface area contributed by atoms with Gasteiger partial charge in [0, 0.05) is 38.0 Å². The molecule has 1 fully saturated rings. The second-order valence-electron chi connectivity index (χ2n) is 9.73. The number of benzene rings is 1. The van der Waals surface area contributed by atoms with Crippen molar-refractivity contribution in [3.63, 3.8) is 0 Å². The van der Waals surface area contributed by atoms with Crippen LogP contribution in [0.4, 0.5) is 0 Å². The van der Waals surface area contributed by atoms with E-state index in [1.165, 1.54) is 13.2 Å². The Labute approximate surface area is 200 Å². The average molecular weight is 471 g/mol. The predicted molar refractivity (Wildman–Crippen MR) is 130 cm³/mol. The topological polar surface area (TPSA) is 79.2 Å². The molecule has 2 aliphatic rings. The first kappa shape index (κ1) is 24.1. The Morgan fingerprint density at radius 2 is 1.91 bits per heavy atom. The van der Waals surface area contributed by atoms with E-state index in [9.17, 15) is 9.59 Å². The minimum absolute atomic E-state index is 0.0212. The summed E-state index contributed by atoms with van der Waals surface area (Å²) < 4.78 is 24.2. The standard InChI is InChI=1S/C26H34N2O6/c1-16(2)34-24-13-18-17(12-23(24)33-11-7-10-31-5)20-8-9-26(3,4)28(20)27-15-19(25(30)32-6)22(29)14-21(18)27/h12-16,20H,7-11H2,1-6H3. The van der Waals surface area contributed by atoms with Crippen molar-refractivity contribution in [3.8, 4) is 22.8 Å². The lowest BCUT2D eigenvalue weighted by molar-refractivity contribution is 0.0598. The summed E-state index contributed by atoms with van der Waals surface area (Å²) in [5, 5.41) is 2.26. The Balaban J connectivity index is 1.90. The maximum Gasteiger partial charge on any atom is 0.343 e. The molecule has 0 aliphatic carbocycles. The summed E-state index contributed by atoms with van der Waals surface area (Å²) in [6.45, 7) is 9.42. The van der Waals surface area contributed by atoms with Crippen molar-refractivity contribution in [2.24, 2.45) is 0 Å². The van der Waals surface area contributed by atoms with Crippen LogP contribution in [0.3, 0.4) is 0 Å². The van der Waals surface area contributed by atoms with Crippen molar-refractivity contribution in [3.05, 3.63) is 45.7 Å². The fraction of sp³-hybridized carbons (Fsp3) is 0.538. The number of aromatic nitrogens is 1. The van der Waals surface area contributed by atoms with E-state index in [4.69, 9.17) is 18.9 Å². The van der Waals surface area contributed by atoms with Gasteiger partial charge in [0.2, 0.25) is 0 Å². The van der Waals surface area contributed by atoms with Crippen LogP contribution >= 0.6 is 0 Å². The molecule has 184 valence electrons. The molecule has 0 saturated carbocycles. The van der Waals surface area contributed by atoms with E-state index < -0.39 is 5.97 Å². The van der Waals surface area contributed by atoms with Gasteiger partial charge in [-0.25, -0.2) is 4.79 Å². The molecule has 2 aromatic rings. The monoisotopic (exact) mass is 470 g/mol. The minimum atomic E-state index is -0.636. The zero-order valence-corrected chi connectivity index (χ0v) is 20.8. The molecule has 34 heavy (non-hydrogen) atoms. The van der Waals surface area contributed by atoms with E-state index in [1.807, 2.05) is 24.6 Å². The summed E-state index contributed by atoms with van der Waals surface area (Å²) in [5.41, 5.74) is 2.20. The number of methoxy groups -OCH3 is 2. The molecule has 1 aromatic heterocycles. The minimum Gasteiger partial charge on any atom is -0.490 e. The van der Waals surface area contributed by atoms with Gasteiger partial charge in [0.05, 0.1) is 37.1 Å². The van der Waals surface area contributed by atoms with Gasteiger partial charge in [0.25, 0.3) is 0 Å². The van der Waals surface area contributed by atoms with Crippen LogP contribution in [-0.4, -0.2) is 49.7 Å². The second kappa shape index (κ2) is 9.33. The number of hydrogen-bond donors (Lipinski definition) is 0. The number of esters is 1. The average Bonchev–Trinajstić information content (AvgIpc) is 3.11. The Bertz CT molecular complexity index is 1140. The Hall–Kier alpha value is -3.00. The van der Waals surface area contributed by atoms with Gasteiger partial charge in [0.15, 0.2) is 16.9 Å².